The van der Waals surface area contributed by atoms with Crippen LogP contribution in [0.1, 0.15) is 59.2 Å². The average molecular weight is 477 g/mol. The van der Waals surface area contributed by atoms with Crippen molar-refractivity contribution >= 4 is 17.4 Å². The molecule has 2 unspecified atom stereocenters. The molecule has 0 saturated carbocycles. The Morgan fingerprint density at radius 1 is 1.15 bits per heavy atom. The number of piperidine rings is 1. The summed E-state index contributed by atoms with van der Waals surface area (Å²) in [5.74, 6) is 0.348. The molecule has 3 aromatic rings. The predicted octanol–water partition coefficient (Wildman–Crippen LogP) is 2.69. The summed E-state index contributed by atoms with van der Waals surface area (Å²) in [6, 6.07) is 2.44. The summed E-state index contributed by atoms with van der Waals surface area (Å²) in [5, 5.41) is 8.53. The van der Waals surface area contributed by atoms with Crippen LogP contribution in [0.2, 0.25) is 0 Å². The van der Waals surface area contributed by atoms with E-state index < -0.39 is 17.8 Å². The molecule has 3 aromatic heterocycles. The molecule has 0 aliphatic carbocycles. The quantitative estimate of drug-likeness (QED) is 0.624. The lowest BCUT2D eigenvalue weighted by molar-refractivity contribution is -0.143. The molecule has 9 nitrogen and oxygen atoms in total. The number of halogens is 3. The minimum atomic E-state index is -4.58. The molecule has 1 amide bonds. The van der Waals surface area contributed by atoms with E-state index >= 15 is 0 Å². The first-order chi connectivity index (χ1) is 16.1. The number of amides is 1. The van der Waals surface area contributed by atoms with E-state index in [1.165, 1.54) is 7.05 Å². The molecule has 182 valence electrons. The Kier molecular flexibility index (Phi) is 5.50. The molecule has 2 N–H and O–H groups in total. The van der Waals surface area contributed by atoms with E-state index in [4.69, 9.17) is 10.7 Å². The van der Waals surface area contributed by atoms with Gasteiger partial charge < -0.3 is 15.5 Å². The highest BCUT2D eigenvalue weighted by molar-refractivity contribution is 5.92. The van der Waals surface area contributed by atoms with Crippen molar-refractivity contribution in [1.82, 2.24) is 29.3 Å². The third kappa shape index (κ3) is 3.99. The van der Waals surface area contributed by atoms with Crippen LogP contribution in [0.5, 0.6) is 0 Å². The van der Waals surface area contributed by atoms with Crippen LogP contribution in [0, 0.1) is 6.92 Å². The second-order valence-corrected chi connectivity index (χ2v) is 9.16. The summed E-state index contributed by atoms with van der Waals surface area (Å²) in [5.41, 5.74) is 7.19. The number of aromatic nitrogens is 5. The Morgan fingerprint density at radius 2 is 1.94 bits per heavy atom. The lowest BCUT2D eigenvalue weighted by Gasteiger charge is -2.34. The zero-order valence-corrected chi connectivity index (χ0v) is 19.1. The van der Waals surface area contributed by atoms with Gasteiger partial charge in [-0.15, -0.1) is 0 Å². The first kappa shape index (κ1) is 22.6. The number of carbonyl (C=O) groups excluding carboxylic acids is 1. The lowest BCUT2D eigenvalue weighted by Crippen LogP contribution is -2.39. The zero-order chi connectivity index (χ0) is 24.2. The molecule has 2 aliphatic heterocycles. The number of hydrogen-bond acceptors (Lipinski definition) is 6. The number of nitrogens with zero attached hydrogens (tertiary/aromatic N) is 7. The number of likely N-dealkylation sites (tertiary alicyclic amines) is 1. The topological polar surface area (TPSA) is 97.6 Å². The van der Waals surface area contributed by atoms with Gasteiger partial charge in [-0.2, -0.15) is 23.4 Å². The van der Waals surface area contributed by atoms with Crippen molar-refractivity contribution in [2.24, 2.45) is 12.8 Å². The number of anilines is 1. The predicted molar refractivity (Wildman–Crippen MR) is 118 cm³/mol. The molecule has 0 radical (unpaired) electrons. The van der Waals surface area contributed by atoms with E-state index in [-0.39, 0.29) is 17.8 Å². The third-order valence-corrected chi connectivity index (χ3v) is 6.64. The van der Waals surface area contributed by atoms with Gasteiger partial charge in [-0.05, 0) is 32.6 Å². The van der Waals surface area contributed by atoms with Crippen LogP contribution in [0.3, 0.4) is 0 Å². The van der Waals surface area contributed by atoms with Gasteiger partial charge in [0.25, 0.3) is 5.91 Å². The minimum Gasteiger partial charge on any atom is -0.355 e. The second kappa shape index (κ2) is 8.26. The van der Waals surface area contributed by atoms with Gasteiger partial charge in [0.15, 0.2) is 11.3 Å². The molecular formula is C22H27F3N8O. The number of nitrogens with two attached hydrogens (primary N) is 1. The maximum Gasteiger partial charge on any atom is 0.433 e. The van der Waals surface area contributed by atoms with E-state index in [9.17, 15) is 18.0 Å². The van der Waals surface area contributed by atoms with Gasteiger partial charge in [-0.3, -0.25) is 9.48 Å². The summed E-state index contributed by atoms with van der Waals surface area (Å²) >= 11 is 0. The first-order valence-corrected chi connectivity index (χ1v) is 11.4. The second-order valence-electron chi connectivity index (χ2n) is 9.16. The van der Waals surface area contributed by atoms with E-state index in [0.717, 1.165) is 49.8 Å². The van der Waals surface area contributed by atoms with Crippen molar-refractivity contribution < 1.29 is 18.0 Å². The Hall–Kier alpha value is -3.15. The number of hydrogen-bond donors (Lipinski definition) is 1. The summed E-state index contributed by atoms with van der Waals surface area (Å²) in [6.07, 6.45) is 0.575. The largest absolute Gasteiger partial charge is 0.433 e. The zero-order valence-electron chi connectivity index (χ0n) is 19.1. The Morgan fingerprint density at radius 3 is 2.62 bits per heavy atom. The molecule has 0 bridgehead atoms. The first-order valence-electron chi connectivity index (χ1n) is 11.4. The Balaban J connectivity index is 1.46. The van der Waals surface area contributed by atoms with Crippen molar-refractivity contribution in [2.45, 2.75) is 50.9 Å². The highest BCUT2D eigenvalue weighted by atomic mass is 19.4. The van der Waals surface area contributed by atoms with E-state index in [2.05, 4.69) is 15.1 Å². The maximum absolute atomic E-state index is 13.2. The van der Waals surface area contributed by atoms with Crippen molar-refractivity contribution in [3.8, 4) is 0 Å². The molecule has 2 fully saturated rings. The summed E-state index contributed by atoms with van der Waals surface area (Å²) in [7, 11) is 1.19. The van der Waals surface area contributed by atoms with Crippen LogP contribution in [-0.2, 0) is 13.2 Å². The van der Waals surface area contributed by atoms with Crippen LogP contribution < -0.4 is 10.6 Å². The average Bonchev–Trinajstić information content (AvgIpc) is 3.50. The van der Waals surface area contributed by atoms with E-state index in [1.807, 2.05) is 19.2 Å². The molecule has 5 heterocycles. The molecular weight excluding hydrogens is 449 g/mol. The molecule has 12 heteroatoms. The normalized spacial score (nSPS) is 21.6. The highest BCUT2D eigenvalue weighted by Crippen LogP contribution is 2.34. The summed E-state index contributed by atoms with van der Waals surface area (Å²) < 4.78 is 42.0. The fourth-order valence-corrected chi connectivity index (χ4v) is 4.95. The third-order valence-electron chi connectivity index (χ3n) is 6.64. The van der Waals surface area contributed by atoms with Gasteiger partial charge in [0, 0.05) is 56.6 Å². The molecule has 2 aliphatic rings. The molecule has 0 aromatic carbocycles. The number of carbonyl (C=O) groups is 1. The van der Waals surface area contributed by atoms with Gasteiger partial charge in [0.1, 0.15) is 11.5 Å². The Bertz CT molecular complexity index is 1230. The molecule has 5 rings (SSSR count). The van der Waals surface area contributed by atoms with Crippen molar-refractivity contribution in [3.05, 3.63) is 41.0 Å². The summed E-state index contributed by atoms with van der Waals surface area (Å²) in [4.78, 5) is 21.8. The van der Waals surface area contributed by atoms with Crippen molar-refractivity contribution in [1.29, 1.82) is 0 Å². The maximum atomic E-state index is 13.2. The van der Waals surface area contributed by atoms with Crippen LogP contribution in [0.15, 0.2) is 18.3 Å². The van der Waals surface area contributed by atoms with Gasteiger partial charge >= 0.3 is 6.18 Å². The fourth-order valence-electron chi connectivity index (χ4n) is 4.95. The Labute approximate surface area is 194 Å². The van der Waals surface area contributed by atoms with Crippen LogP contribution in [-0.4, -0.2) is 60.9 Å². The van der Waals surface area contributed by atoms with Crippen LogP contribution in [0.25, 0.3) is 5.65 Å². The van der Waals surface area contributed by atoms with E-state index in [0.29, 0.717) is 29.0 Å². The molecule has 34 heavy (non-hydrogen) atoms. The SMILES string of the molecule is Cc1cn2nc(C3CCCCN3C(=O)c3cc(C(F)(F)F)n(C)n3)cc2nc1N1CCC(N)C1. The monoisotopic (exact) mass is 476 g/mol. The van der Waals surface area contributed by atoms with Gasteiger partial charge in [-0.1, -0.05) is 0 Å². The van der Waals surface area contributed by atoms with Gasteiger partial charge in [-0.25, -0.2) is 9.50 Å². The van der Waals surface area contributed by atoms with Gasteiger partial charge in [0.05, 0.1) is 11.7 Å². The van der Waals surface area contributed by atoms with E-state index in [1.54, 1.807) is 9.42 Å². The van der Waals surface area contributed by atoms with Crippen molar-refractivity contribution in [3.63, 3.8) is 0 Å². The molecule has 2 saturated heterocycles. The minimum absolute atomic E-state index is 0.129. The number of rotatable bonds is 3. The smallest absolute Gasteiger partial charge is 0.355 e. The van der Waals surface area contributed by atoms with Gasteiger partial charge in [0.2, 0.25) is 0 Å². The fraction of sp³-hybridized carbons (Fsp3) is 0.545. The number of fused-ring (bicyclic) bond motifs is 1. The van der Waals surface area contributed by atoms with Crippen molar-refractivity contribution in [2.75, 3.05) is 24.5 Å². The lowest BCUT2D eigenvalue weighted by atomic mass is 9.99. The number of alkyl halides is 3. The standard InChI is InChI=1S/C22H27F3N8O/c1-13-11-33-19(27-20(13)31-8-6-14(26)12-31)10-15(29-33)17-5-3-4-7-32(17)21(34)16-9-18(22(23,24)25)30(2)28-16/h9-11,14,17H,3-8,12,26H2,1-2H3. The number of aryl methyl sites for hydroxylation is 2. The molecule has 0 spiro atoms. The highest BCUT2D eigenvalue weighted by Gasteiger charge is 2.38. The van der Waals surface area contributed by atoms with Crippen LogP contribution in [0.4, 0.5) is 19.0 Å². The summed E-state index contributed by atoms with van der Waals surface area (Å²) in [6.45, 7) is 4.00. The molecule has 2 atom stereocenters. The van der Waals surface area contributed by atoms with Crippen LogP contribution >= 0.6 is 0 Å².